The van der Waals surface area contributed by atoms with E-state index in [9.17, 15) is 14.4 Å². The fraction of sp³-hybridized carbons (Fsp3) is 0.286. The lowest BCUT2D eigenvalue weighted by atomic mass is 10.1. The number of Topliss-reactive ketones (excluding diaryl/α,β-unsaturated/α-hetero) is 1. The van der Waals surface area contributed by atoms with Crippen LogP contribution in [0.3, 0.4) is 0 Å². The maximum Gasteiger partial charge on any atom is 0.229 e. The number of ketones is 1. The van der Waals surface area contributed by atoms with Crippen molar-refractivity contribution in [1.29, 1.82) is 0 Å². The van der Waals surface area contributed by atoms with E-state index in [0.29, 0.717) is 17.8 Å². The summed E-state index contributed by atoms with van der Waals surface area (Å²) in [5, 5.41) is 2.89. The first-order valence-electron chi connectivity index (χ1n) is 8.79. The van der Waals surface area contributed by atoms with Gasteiger partial charge in [0, 0.05) is 29.9 Å². The van der Waals surface area contributed by atoms with Crippen LogP contribution in [0, 0.1) is 5.92 Å². The highest BCUT2D eigenvalue weighted by molar-refractivity contribution is 6.04. The Morgan fingerprint density at radius 2 is 1.88 bits per heavy atom. The highest BCUT2D eigenvalue weighted by Crippen LogP contribution is 2.27. The van der Waals surface area contributed by atoms with Crippen molar-refractivity contribution in [1.82, 2.24) is 0 Å². The third kappa shape index (κ3) is 3.82. The highest BCUT2D eigenvalue weighted by Gasteiger charge is 2.35. The lowest BCUT2D eigenvalue weighted by Crippen LogP contribution is -2.28. The van der Waals surface area contributed by atoms with E-state index in [2.05, 4.69) is 12.2 Å². The summed E-state index contributed by atoms with van der Waals surface area (Å²) in [4.78, 5) is 38.0. The predicted octanol–water partition coefficient (Wildman–Crippen LogP) is 3.44. The Kier molecular flexibility index (Phi) is 5.16. The van der Waals surface area contributed by atoms with Crippen molar-refractivity contribution < 1.29 is 14.4 Å². The number of amides is 2. The molecule has 2 amide bonds. The molecule has 0 aromatic heterocycles. The number of rotatable bonds is 5. The number of carbonyl (C=O) groups excluding carboxylic acids is 3. The molecule has 1 unspecified atom stereocenters. The van der Waals surface area contributed by atoms with Gasteiger partial charge < -0.3 is 10.2 Å². The van der Waals surface area contributed by atoms with Crippen LogP contribution in [0.4, 0.5) is 11.4 Å². The molecule has 2 aromatic rings. The fourth-order valence-corrected chi connectivity index (χ4v) is 3.09. The van der Waals surface area contributed by atoms with Crippen LogP contribution in [-0.2, 0) is 16.0 Å². The predicted molar refractivity (Wildman–Crippen MR) is 101 cm³/mol. The second kappa shape index (κ2) is 7.52. The van der Waals surface area contributed by atoms with E-state index in [1.165, 1.54) is 12.5 Å². The smallest absolute Gasteiger partial charge is 0.229 e. The van der Waals surface area contributed by atoms with Crippen molar-refractivity contribution in [2.24, 2.45) is 5.92 Å². The van der Waals surface area contributed by atoms with Crippen LogP contribution in [0.1, 0.15) is 36.2 Å². The molecule has 0 bridgehead atoms. The molecular formula is C21H22N2O3. The van der Waals surface area contributed by atoms with Crippen LogP contribution in [0.25, 0.3) is 0 Å². The van der Waals surface area contributed by atoms with E-state index >= 15 is 0 Å². The molecule has 0 aliphatic carbocycles. The van der Waals surface area contributed by atoms with Crippen molar-refractivity contribution in [3.63, 3.8) is 0 Å². The van der Waals surface area contributed by atoms with Gasteiger partial charge in [0.15, 0.2) is 5.78 Å². The molecule has 1 heterocycles. The maximum absolute atomic E-state index is 12.5. The van der Waals surface area contributed by atoms with Crippen molar-refractivity contribution in [2.45, 2.75) is 26.7 Å². The van der Waals surface area contributed by atoms with Gasteiger partial charge in [-0.2, -0.15) is 0 Å². The highest BCUT2D eigenvalue weighted by atomic mass is 16.2. The third-order valence-electron chi connectivity index (χ3n) is 4.69. The zero-order valence-corrected chi connectivity index (χ0v) is 15.0. The number of aryl methyl sites for hydroxylation is 1. The minimum atomic E-state index is -0.408. The summed E-state index contributed by atoms with van der Waals surface area (Å²) in [6.07, 6.45) is 1.11. The second-order valence-electron chi connectivity index (χ2n) is 6.55. The van der Waals surface area contributed by atoms with Crippen molar-refractivity contribution in [2.75, 3.05) is 16.8 Å². The molecule has 1 fully saturated rings. The van der Waals surface area contributed by atoms with Gasteiger partial charge in [0.05, 0.1) is 5.92 Å². The molecule has 5 nitrogen and oxygen atoms in total. The summed E-state index contributed by atoms with van der Waals surface area (Å²) in [5.74, 6) is -0.724. The first-order valence-corrected chi connectivity index (χ1v) is 8.79. The molecule has 26 heavy (non-hydrogen) atoms. The molecule has 5 heteroatoms. The van der Waals surface area contributed by atoms with Gasteiger partial charge in [-0.05, 0) is 43.2 Å². The van der Waals surface area contributed by atoms with Gasteiger partial charge in [-0.3, -0.25) is 14.4 Å². The van der Waals surface area contributed by atoms with Gasteiger partial charge in [0.1, 0.15) is 0 Å². The normalized spacial score (nSPS) is 16.6. The van der Waals surface area contributed by atoms with Gasteiger partial charge in [0.2, 0.25) is 11.8 Å². The molecule has 1 aliphatic rings. The molecule has 1 saturated heterocycles. The quantitative estimate of drug-likeness (QED) is 0.840. The van der Waals surface area contributed by atoms with Crippen LogP contribution in [0.15, 0.2) is 48.5 Å². The van der Waals surface area contributed by atoms with E-state index in [0.717, 1.165) is 12.1 Å². The third-order valence-corrected chi connectivity index (χ3v) is 4.69. The lowest BCUT2D eigenvalue weighted by molar-refractivity contribution is -0.122. The van der Waals surface area contributed by atoms with Crippen molar-refractivity contribution in [3.05, 3.63) is 59.7 Å². The Bertz CT molecular complexity index is 843. The van der Waals surface area contributed by atoms with Crippen molar-refractivity contribution in [3.8, 4) is 0 Å². The largest absolute Gasteiger partial charge is 0.326 e. The van der Waals surface area contributed by atoms with Gasteiger partial charge in [-0.15, -0.1) is 0 Å². The minimum Gasteiger partial charge on any atom is -0.326 e. The molecule has 0 radical (unpaired) electrons. The average molecular weight is 350 g/mol. The zero-order valence-electron chi connectivity index (χ0n) is 15.0. The van der Waals surface area contributed by atoms with Crippen LogP contribution in [0.5, 0.6) is 0 Å². The van der Waals surface area contributed by atoms with E-state index in [1.807, 2.05) is 24.3 Å². The molecular weight excluding hydrogens is 328 g/mol. The molecule has 134 valence electrons. The summed E-state index contributed by atoms with van der Waals surface area (Å²) in [7, 11) is 0. The van der Waals surface area contributed by atoms with Gasteiger partial charge in [-0.1, -0.05) is 31.2 Å². The topological polar surface area (TPSA) is 66.5 Å². The molecule has 3 rings (SSSR count). The van der Waals surface area contributed by atoms with E-state index in [4.69, 9.17) is 0 Å². The summed E-state index contributed by atoms with van der Waals surface area (Å²) in [5.41, 5.74) is 3.15. The Morgan fingerprint density at radius 3 is 2.54 bits per heavy atom. The number of anilines is 2. The molecule has 0 saturated carbocycles. The molecule has 0 spiro atoms. The Morgan fingerprint density at radius 1 is 1.15 bits per heavy atom. The Balaban J connectivity index is 1.69. The van der Waals surface area contributed by atoms with E-state index in [1.54, 1.807) is 29.2 Å². The molecule has 2 aromatic carbocycles. The van der Waals surface area contributed by atoms with Gasteiger partial charge >= 0.3 is 0 Å². The van der Waals surface area contributed by atoms with E-state index in [-0.39, 0.29) is 24.0 Å². The zero-order chi connectivity index (χ0) is 18.7. The first-order chi connectivity index (χ1) is 12.5. The van der Waals surface area contributed by atoms with Crippen LogP contribution < -0.4 is 10.2 Å². The number of hydrogen-bond acceptors (Lipinski definition) is 3. The summed E-state index contributed by atoms with van der Waals surface area (Å²) in [6.45, 7) is 3.89. The number of nitrogens with zero attached hydrogens (tertiary/aromatic N) is 1. The summed E-state index contributed by atoms with van der Waals surface area (Å²) in [6, 6.07) is 14.7. The number of nitrogens with one attached hydrogen (secondary N) is 1. The van der Waals surface area contributed by atoms with Crippen molar-refractivity contribution >= 4 is 29.0 Å². The maximum atomic E-state index is 12.5. The first kappa shape index (κ1) is 17.9. The number of benzene rings is 2. The molecule has 1 atom stereocenters. The molecule has 1 N–H and O–H groups in total. The van der Waals surface area contributed by atoms with Gasteiger partial charge in [-0.25, -0.2) is 0 Å². The minimum absolute atomic E-state index is 0.0525. The number of hydrogen-bond donors (Lipinski definition) is 1. The molecule has 1 aliphatic heterocycles. The fourth-order valence-electron chi connectivity index (χ4n) is 3.09. The van der Waals surface area contributed by atoms with Gasteiger partial charge in [0.25, 0.3) is 0 Å². The van der Waals surface area contributed by atoms with Crippen LogP contribution >= 0.6 is 0 Å². The Labute approximate surface area is 153 Å². The Hall–Kier alpha value is -2.95. The standard InChI is InChI=1S/C21H22N2O3/c1-3-15-7-9-18(10-8-15)22-21(26)17-12-20(25)23(13-17)19-6-4-5-16(11-19)14(2)24/h4-11,17H,3,12-13H2,1-2H3,(H,22,26). The number of carbonyl (C=O) groups is 3. The van der Waals surface area contributed by atoms with E-state index < -0.39 is 5.92 Å². The summed E-state index contributed by atoms with van der Waals surface area (Å²) < 4.78 is 0. The van der Waals surface area contributed by atoms with Crippen LogP contribution in [-0.4, -0.2) is 24.1 Å². The monoisotopic (exact) mass is 350 g/mol. The second-order valence-corrected chi connectivity index (χ2v) is 6.55. The SMILES string of the molecule is CCc1ccc(NC(=O)C2CC(=O)N(c3cccc(C(C)=O)c3)C2)cc1. The summed E-state index contributed by atoms with van der Waals surface area (Å²) >= 11 is 0. The lowest BCUT2D eigenvalue weighted by Gasteiger charge is -2.17. The average Bonchev–Trinajstić information content (AvgIpc) is 3.04. The van der Waals surface area contributed by atoms with Crippen LogP contribution in [0.2, 0.25) is 0 Å².